The van der Waals surface area contributed by atoms with E-state index in [9.17, 15) is 14.9 Å². The average molecular weight is 290 g/mol. The number of imidazole rings is 1. The quantitative estimate of drug-likeness (QED) is 0.348. The predicted molar refractivity (Wildman–Crippen MR) is 75.5 cm³/mol. The van der Waals surface area contributed by atoms with Crippen molar-refractivity contribution < 1.29 is 9.72 Å². The molecule has 0 unspecified atom stereocenters. The number of amides is 1. The summed E-state index contributed by atoms with van der Waals surface area (Å²) in [6.45, 7) is 0.369. The van der Waals surface area contributed by atoms with E-state index < -0.39 is 10.8 Å². The molecule has 0 saturated carbocycles. The summed E-state index contributed by atoms with van der Waals surface area (Å²) >= 11 is 0. The van der Waals surface area contributed by atoms with Crippen LogP contribution in [0, 0.1) is 10.1 Å². The number of aromatic nitrogens is 2. The second-order valence-corrected chi connectivity index (χ2v) is 4.21. The maximum atomic E-state index is 12.1. The summed E-state index contributed by atoms with van der Waals surface area (Å²) in [5.41, 5.74) is 3.50. The van der Waals surface area contributed by atoms with Crippen molar-refractivity contribution in [2.75, 3.05) is 12.0 Å². The minimum atomic E-state index is -0.568. The molecule has 9 heteroatoms. The molecule has 1 heterocycles. The number of carbonyl (C=O) groups excluding carboxylic acids is 1. The van der Waals surface area contributed by atoms with Crippen LogP contribution in [0.15, 0.2) is 30.7 Å². The van der Waals surface area contributed by atoms with Gasteiger partial charge < -0.3 is 15.7 Å². The van der Waals surface area contributed by atoms with Gasteiger partial charge in [-0.2, -0.15) is 0 Å². The lowest BCUT2D eigenvalue weighted by molar-refractivity contribution is -0.384. The van der Waals surface area contributed by atoms with Gasteiger partial charge in [0.1, 0.15) is 0 Å². The number of nitro groups is 1. The van der Waals surface area contributed by atoms with Crippen molar-refractivity contribution in [1.29, 1.82) is 0 Å². The fraction of sp³-hybridized carbons (Fsp3) is 0.167. The molecule has 1 aromatic heterocycles. The SMILES string of the molecule is NNc1ccc([N+](=O)[O-])cc1C(=O)NCCc1cnc[nH]1. The molecule has 0 fully saturated rings. The second-order valence-electron chi connectivity index (χ2n) is 4.21. The van der Waals surface area contributed by atoms with Crippen molar-refractivity contribution in [2.24, 2.45) is 5.84 Å². The highest BCUT2D eigenvalue weighted by Crippen LogP contribution is 2.21. The number of hydrogen-bond acceptors (Lipinski definition) is 6. The monoisotopic (exact) mass is 290 g/mol. The smallest absolute Gasteiger partial charge is 0.270 e. The third-order valence-corrected chi connectivity index (χ3v) is 2.85. The van der Waals surface area contributed by atoms with Crippen LogP contribution in [0.1, 0.15) is 16.1 Å². The zero-order valence-corrected chi connectivity index (χ0v) is 11.0. The van der Waals surface area contributed by atoms with Crippen LogP contribution in [0.4, 0.5) is 11.4 Å². The first-order valence-electron chi connectivity index (χ1n) is 6.12. The highest BCUT2D eigenvalue weighted by molar-refractivity contribution is 6.00. The first-order valence-corrected chi connectivity index (χ1v) is 6.12. The normalized spacial score (nSPS) is 10.1. The number of carbonyl (C=O) groups is 1. The molecule has 2 rings (SSSR count). The highest BCUT2D eigenvalue weighted by Gasteiger charge is 2.16. The number of anilines is 1. The van der Waals surface area contributed by atoms with Gasteiger partial charge in [0.25, 0.3) is 11.6 Å². The minimum absolute atomic E-state index is 0.122. The molecule has 5 N–H and O–H groups in total. The van der Waals surface area contributed by atoms with Gasteiger partial charge in [0.2, 0.25) is 0 Å². The van der Waals surface area contributed by atoms with Gasteiger partial charge in [-0.25, -0.2) is 4.98 Å². The molecule has 1 amide bonds. The number of nitrogen functional groups attached to an aromatic ring is 1. The van der Waals surface area contributed by atoms with E-state index in [1.54, 1.807) is 12.5 Å². The summed E-state index contributed by atoms with van der Waals surface area (Å²) in [5, 5.41) is 13.4. The molecule has 0 aliphatic heterocycles. The van der Waals surface area contributed by atoms with Crippen LogP contribution in [0.25, 0.3) is 0 Å². The molecular formula is C12H14N6O3. The van der Waals surface area contributed by atoms with Crippen LogP contribution in [0.3, 0.4) is 0 Å². The van der Waals surface area contributed by atoms with Crippen LogP contribution in [-0.2, 0) is 6.42 Å². The molecule has 0 bridgehead atoms. The Morgan fingerprint density at radius 1 is 1.48 bits per heavy atom. The molecular weight excluding hydrogens is 276 g/mol. The Bertz CT molecular complexity index is 640. The summed E-state index contributed by atoms with van der Waals surface area (Å²) in [5.74, 6) is 4.87. The number of nitrogens with two attached hydrogens (primary N) is 1. The van der Waals surface area contributed by atoms with Crippen LogP contribution in [0.5, 0.6) is 0 Å². The Labute approximate surface area is 119 Å². The first kappa shape index (κ1) is 14.5. The topological polar surface area (TPSA) is 139 Å². The lowest BCUT2D eigenvalue weighted by Crippen LogP contribution is -2.27. The average Bonchev–Trinajstić information content (AvgIpc) is 2.99. The molecule has 110 valence electrons. The van der Waals surface area contributed by atoms with Crippen molar-refractivity contribution in [3.05, 3.63) is 52.1 Å². The van der Waals surface area contributed by atoms with Crippen LogP contribution in [0.2, 0.25) is 0 Å². The van der Waals surface area contributed by atoms with E-state index in [1.807, 2.05) is 0 Å². The largest absolute Gasteiger partial charge is 0.352 e. The van der Waals surface area contributed by atoms with Gasteiger partial charge in [0.05, 0.1) is 22.5 Å². The van der Waals surface area contributed by atoms with E-state index in [0.29, 0.717) is 18.7 Å². The zero-order chi connectivity index (χ0) is 15.2. The molecule has 0 spiro atoms. The van der Waals surface area contributed by atoms with Crippen molar-refractivity contribution in [1.82, 2.24) is 15.3 Å². The molecule has 0 radical (unpaired) electrons. The second kappa shape index (κ2) is 6.48. The van der Waals surface area contributed by atoms with Crippen LogP contribution < -0.4 is 16.6 Å². The number of hydrogen-bond donors (Lipinski definition) is 4. The lowest BCUT2D eigenvalue weighted by Gasteiger charge is -2.09. The summed E-state index contributed by atoms with van der Waals surface area (Å²) in [6.07, 6.45) is 3.78. The fourth-order valence-electron chi connectivity index (χ4n) is 1.79. The van der Waals surface area contributed by atoms with E-state index in [2.05, 4.69) is 20.7 Å². The minimum Gasteiger partial charge on any atom is -0.352 e. The summed E-state index contributed by atoms with van der Waals surface area (Å²) in [7, 11) is 0. The van der Waals surface area contributed by atoms with E-state index in [4.69, 9.17) is 5.84 Å². The number of H-pyrrole nitrogens is 1. The van der Waals surface area contributed by atoms with Gasteiger partial charge in [0, 0.05) is 37.0 Å². The number of benzene rings is 1. The molecule has 1 aromatic carbocycles. The molecule has 9 nitrogen and oxygen atoms in total. The van der Waals surface area contributed by atoms with Crippen molar-refractivity contribution in [3.8, 4) is 0 Å². The zero-order valence-electron chi connectivity index (χ0n) is 11.0. The summed E-state index contributed by atoms with van der Waals surface area (Å²) in [6, 6.07) is 3.85. The van der Waals surface area contributed by atoms with Gasteiger partial charge >= 0.3 is 0 Å². The Morgan fingerprint density at radius 3 is 2.90 bits per heavy atom. The fourth-order valence-corrected chi connectivity index (χ4v) is 1.79. The van der Waals surface area contributed by atoms with Crippen molar-refractivity contribution >= 4 is 17.3 Å². The number of aromatic amines is 1. The van der Waals surface area contributed by atoms with Crippen molar-refractivity contribution in [2.45, 2.75) is 6.42 Å². The van der Waals surface area contributed by atoms with Crippen LogP contribution >= 0.6 is 0 Å². The molecule has 0 aliphatic rings. The molecule has 0 saturated heterocycles. The maximum absolute atomic E-state index is 12.1. The van der Waals surface area contributed by atoms with Gasteiger partial charge in [-0.05, 0) is 6.07 Å². The number of nitrogens with zero attached hydrogens (tertiary/aromatic N) is 2. The summed E-state index contributed by atoms with van der Waals surface area (Å²) in [4.78, 5) is 29.0. The summed E-state index contributed by atoms with van der Waals surface area (Å²) < 4.78 is 0. The number of non-ortho nitro benzene ring substituents is 1. The van der Waals surface area contributed by atoms with Gasteiger partial charge in [0.15, 0.2) is 0 Å². The highest BCUT2D eigenvalue weighted by atomic mass is 16.6. The molecule has 2 aromatic rings. The van der Waals surface area contributed by atoms with Crippen LogP contribution in [-0.4, -0.2) is 27.3 Å². The lowest BCUT2D eigenvalue weighted by atomic mass is 10.1. The maximum Gasteiger partial charge on any atom is 0.270 e. The number of hydrazine groups is 1. The Hall–Kier alpha value is -2.94. The molecule has 0 atom stereocenters. The predicted octanol–water partition coefficient (Wildman–Crippen LogP) is 0.576. The molecule has 21 heavy (non-hydrogen) atoms. The standard InChI is InChI=1S/C12H14N6O3/c13-17-11-2-1-9(18(20)21)5-10(11)12(19)15-4-3-8-6-14-7-16-8/h1-2,5-7,17H,3-4,13H2,(H,14,16)(H,15,19). The van der Waals surface area contributed by atoms with Crippen molar-refractivity contribution in [3.63, 3.8) is 0 Å². The number of nitro benzene ring substituents is 1. The third kappa shape index (κ3) is 3.54. The Kier molecular flexibility index (Phi) is 4.46. The van der Waals surface area contributed by atoms with E-state index >= 15 is 0 Å². The first-order chi connectivity index (χ1) is 10.1. The third-order valence-electron chi connectivity index (χ3n) is 2.85. The van der Waals surface area contributed by atoms with Gasteiger partial charge in [-0.1, -0.05) is 0 Å². The van der Waals surface area contributed by atoms with E-state index in [-0.39, 0.29) is 11.3 Å². The Morgan fingerprint density at radius 2 is 2.29 bits per heavy atom. The number of rotatable bonds is 6. The van der Waals surface area contributed by atoms with E-state index in [1.165, 1.54) is 18.2 Å². The Balaban J connectivity index is 2.06. The van der Waals surface area contributed by atoms with Gasteiger partial charge in [-0.15, -0.1) is 0 Å². The number of nitrogens with one attached hydrogen (secondary N) is 3. The van der Waals surface area contributed by atoms with Gasteiger partial charge in [-0.3, -0.25) is 20.8 Å². The molecule has 0 aliphatic carbocycles. The van der Waals surface area contributed by atoms with E-state index in [0.717, 1.165) is 5.69 Å².